The molecule has 0 N–H and O–H groups in total. The highest BCUT2D eigenvalue weighted by Crippen LogP contribution is 2.41. The van der Waals surface area contributed by atoms with Crippen LogP contribution in [0.3, 0.4) is 0 Å². The molecule has 0 radical (unpaired) electrons. The van der Waals surface area contributed by atoms with Crippen molar-refractivity contribution >= 4 is 27.3 Å². The molecule has 0 fully saturated rings. The summed E-state index contributed by atoms with van der Waals surface area (Å²) in [5.41, 5.74) is 2.82. The van der Waals surface area contributed by atoms with E-state index in [0.29, 0.717) is 29.5 Å². The van der Waals surface area contributed by atoms with Gasteiger partial charge in [0, 0.05) is 11.6 Å². The van der Waals surface area contributed by atoms with Crippen molar-refractivity contribution in [3.63, 3.8) is 0 Å². The van der Waals surface area contributed by atoms with Crippen LogP contribution in [0, 0.1) is 0 Å². The summed E-state index contributed by atoms with van der Waals surface area (Å²) in [6.45, 7) is 0.386. The molecule has 1 amide bonds. The minimum Gasteiger partial charge on any atom is -0.493 e. The van der Waals surface area contributed by atoms with Crippen molar-refractivity contribution in [3.8, 4) is 11.5 Å². The first-order valence-corrected chi connectivity index (χ1v) is 12.4. The number of nitrogens with zero attached hydrogens (tertiary/aromatic N) is 1. The number of hydrogen-bond acceptors (Lipinski definition) is 5. The van der Waals surface area contributed by atoms with Gasteiger partial charge in [0.05, 0.1) is 25.2 Å². The number of fused-ring (bicyclic) bond motifs is 1. The number of carbonyl (C=O) groups is 1. The molecule has 172 valence electrons. The zero-order valence-corrected chi connectivity index (χ0v) is 19.9. The highest BCUT2D eigenvalue weighted by Gasteiger charge is 2.35. The van der Waals surface area contributed by atoms with Gasteiger partial charge in [-0.2, -0.15) is 0 Å². The SMILES string of the molecule is COc1cc2c(cc1OC)C(c1ccccc1)N(C(=O)CS(=O)(=O)c1ccc(Cl)cc1)CC2. The Labute approximate surface area is 198 Å². The van der Waals surface area contributed by atoms with Gasteiger partial charge in [0.1, 0.15) is 5.75 Å². The maximum absolute atomic E-state index is 13.4. The molecular weight excluding hydrogens is 462 g/mol. The molecule has 4 rings (SSSR count). The third-order valence-corrected chi connectivity index (χ3v) is 7.66. The van der Waals surface area contributed by atoms with Crippen LogP contribution in [0.15, 0.2) is 71.6 Å². The predicted octanol–water partition coefficient (Wildman–Crippen LogP) is 4.31. The smallest absolute Gasteiger partial charge is 0.238 e. The molecule has 33 heavy (non-hydrogen) atoms. The largest absolute Gasteiger partial charge is 0.493 e. The molecule has 0 saturated carbocycles. The first-order valence-electron chi connectivity index (χ1n) is 10.4. The minimum absolute atomic E-state index is 0.0697. The zero-order chi connectivity index (χ0) is 23.6. The average Bonchev–Trinajstić information content (AvgIpc) is 2.82. The van der Waals surface area contributed by atoms with Gasteiger partial charge in [-0.05, 0) is 59.5 Å². The number of benzene rings is 3. The Bertz CT molecular complexity index is 1260. The molecule has 3 aromatic carbocycles. The van der Waals surface area contributed by atoms with Crippen molar-refractivity contribution in [1.82, 2.24) is 4.90 Å². The summed E-state index contributed by atoms with van der Waals surface area (Å²) in [5.74, 6) is 0.0910. The Morgan fingerprint density at radius 1 is 1.00 bits per heavy atom. The molecule has 6 nitrogen and oxygen atoms in total. The maximum atomic E-state index is 13.4. The van der Waals surface area contributed by atoms with E-state index < -0.39 is 27.5 Å². The topological polar surface area (TPSA) is 72.9 Å². The van der Waals surface area contributed by atoms with Crippen molar-refractivity contribution < 1.29 is 22.7 Å². The van der Waals surface area contributed by atoms with Gasteiger partial charge < -0.3 is 14.4 Å². The number of sulfone groups is 1. The molecule has 1 atom stereocenters. The Hall–Kier alpha value is -3.03. The first kappa shape index (κ1) is 23.1. The fourth-order valence-corrected chi connectivity index (χ4v) is 5.51. The van der Waals surface area contributed by atoms with Gasteiger partial charge in [-0.15, -0.1) is 0 Å². The van der Waals surface area contributed by atoms with Crippen LogP contribution in [0.4, 0.5) is 0 Å². The Morgan fingerprint density at radius 2 is 1.64 bits per heavy atom. The second-order valence-electron chi connectivity index (χ2n) is 7.77. The van der Waals surface area contributed by atoms with E-state index >= 15 is 0 Å². The van der Waals surface area contributed by atoms with Crippen LogP contribution < -0.4 is 9.47 Å². The van der Waals surface area contributed by atoms with Crippen LogP contribution in [-0.4, -0.2) is 45.7 Å². The lowest BCUT2D eigenvalue weighted by Gasteiger charge is -2.38. The molecule has 1 aliphatic rings. The van der Waals surface area contributed by atoms with E-state index in [2.05, 4.69) is 0 Å². The van der Waals surface area contributed by atoms with Crippen molar-refractivity contribution in [2.75, 3.05) is 26.5 Å². The molecular formula is C25H24ClNO5S. The lowest BCUT2D eigenvalue weighted by atomic mass is 9.87. The van der Waals surface area contributed by atoms with Crippen LogP contribution in [0.25, 0.3) is 0 Å². The number of carbonyl (C=O) groups excluding carboxylic acids is 1. The number of halogens is 1. The summed E-state index contributed by atoms with van der Waals surface area (Å²) in [5, 5.41) is 0.432. The van der Waals surface area contributed by atoms with Gasteiger partial charge in [0.2, 0.25) is 5.91 Å². The van der Waals surface area contributed by atoms with Crippen molar-refractivity contribution in [3.05, 3.63) is 88.4 Å². The second-order valence-corrected chi connectivity index (χ2v) is 10.2. The van der Waals surface area contributed by atoms with Crippen molar-refractivity contribution in [2.24, 2.45) is 0 Å². The van der Waals surface area contributed by atoms with Crippen LogP contribution in [-0.2, 0) is 21.1 Å². The zero-order valence-electron chi connectivity index (χ0n) is 18.3. The maximum Gasteiger partial charge on any atom is 0.238 e. The average molecular weight is 486 g/mol. The predicted molar refractivity (Wildman–Crippen MR) is 127 cm³/mol. The number of ether oxygens (including phenoxy) is 2. The fraction of sp³-hybridized carbons (Fsp3) is 0.240. The monoisotopic (exact) mass is 485 g/mol. The first-order chi connectivity index (χ1) is 15.8. The lowest BCUT2D eigenvalue weighted by molar-refractivity contribution is -0.130. The lowest BCUT2D eigenvalue weighted by Crippen LogP contribution is -2.43. The summed E-state index contributed by atoms with van der Waals surface area (Å²) in [4.78, 5) is 15.1. The molecule has 8 heteroatoms. The molecule has 0 aromatic heterocycles. The molecule has 1 aliphatic heterocycles. The molecule has 1 unspecified atom stereocenters. The summed E-state index contributed by atoms with van der Waals surface area (Å²) < 4.78 is 36.8. The quantitative estimate of drug-likeness (QED) is 0.520. The third-order valence-electron chi connectivity index (χ3n) is 5.80. The second kappa shape index (κ2) is 9.45. The molecule has 3 aromatic rings. The highest BCUT2D eigenvalue weighted by molar-refractivity contribution is 7.92. The van der Waals surface area contributed by atoms with Gasteiger partial charge in [-0.3, -0.25) is 4.79 Å². The summed E-state index contributed by atoms with van der Waals surface area (Å²) >= 11 is 5.88. The van der Waals surface area contributed by atoms with E-state index in [1.165, 1.54) is 24.3 Å². The standard InChI is InChI=1S/C25H24ClNO5S/c1-31-22-14-18-12-13-27(24(28)16-33(29,30)20-10-8-19(26)9-11-20)25(17-6-4-3-5-7-17)21(18)15-23(22)32-2/h3-11,14-15,25H,12-13,16H2,1-2H3. The minimum atomic E-state index is -3.83. The van der Waals surface area contributed by atoms with Crippen LogP contribution in [0.2, 0.25) is 5.02 Å². The Kier molecular flexibility index (Phi) is 6.63. The van der Waals surface area contributed by atoms with Crippen LogP contribution >= 0.6 is 11.6 Å². The van der Waals surface area contributed by atoms with Crippen molar-refractivity contribution in [1.29, 1.82) is 0 Å². The summed E-state index contributed by atoms with van der Waals surface area (Å²) in [6.07, 6.45) is 0.575. The van der Waals surface area contributed by atoms with E-state index in [1.807, 2.05) is 42.5 Å². The third kappa shape index (κ3) is 4.70. The number of amides is 1. The van der Waals surface area contributed by atoms with Gasteiger partial charge in [0.25, 0.3) is 0 Å². The molecule has 0 spiro atoms. The molecule has 0 saturated heterocycles. The summed E-state index contributed by atoms with van der Waals surface area (Å²) in [7, 11) is -0.682. The van der Waals surface area contributed by atoms with Crippen molar-refractivity contribution in [2.45, 2.75) is 17.4 Å². The fourth-order valence-electron chi connectivity index (χ4n) is 4.18. The Morgan fingerprint density at radius 3 is 2.27 bits per heavy atom. The number of methoxy groups -OCH3 is 2. The van der Waals surface area contributed by atoms with Gasteiger partial charge >= 0.3 is 0 Å². The normalized spacial score (nSPS) is 15.6. The van der Waals surface area contributed by atoms with E-state index in [4.69, 9.17) is 21.1 Å². The molecule has 1 heterocycles. The van der Waals surface area contributed by atoms with Crippen LogP contribution in [0.1, 0.15) is 22.7 Å². The molecule has 0 aliphatic carbocycles. The van der Waals surface area contributed by atoms with E-state index in [0.717, 1.165) is 16.7 Å². The number of hydrogen-bond donors (Lipinski definition) is 0. The summed E-state index contributed by atoms with van der Waals surface area (Å²) in [6, 6.07) is 18.8. The van der Waals surface area contributed by atoms with Gasteiger partial charge in [-0.25, -0.2) is 8.42 Å². The van der Waals surface area contributed by atoms with Gasteiger partial charge in [-0.1, -0.05) is 41.9 Å². The van der Waals surface area contributed by atoms with Crippen LogP contribution in [0.5, 0.6) is 11.5 Å². The molecule has 0 bridgehead atoms. The van der Waals surface area contributed by atoms with E-state index in [-0.39, 0.29) is 4.90 Å². The van der Waals surface area contributed by atoms with E-state index in [9.17, 15) is 13.2 Å². The number of rotatable bonds is 6. The highest BCUT2D eigenvalue weighted by atomic mass is 35.5. The van der Waals surface area contributed by atoms with Gasteiger partial charge in [0.15, 0.2) is 21.3 Å². The van der Waals surface area contributed by atoms with E-state index in [1.54, 1.807) is 19.1 Å². The Balaban J connectivity index is 1.73.